The van der Waals surface area contributed by atoms with Crippen LogP contribution in [0.15, 0.2) is 24.3 Å². The zero-order chi connectivity index (χ0) is 19.3. The number of carbonyl (C=O) groups is 1. The molecule has 1 heterocycles. The van der Waals surface area contributed by atoms with Crippen LogP contribution in [-0.2, 0) is 9.53 Å². The van der Waals surface area contributed by atoms with Crippen LogP contribution in [0.4, 0.5) is 4.39 Å². The van der Waals surface area contributed by atoms with E-state index in [1.165, 1.54) is 12.1 Å². The van der Waals surface area contributed by atoms with Gasteiger partial charge >= 0.3 is 0 Å². The Hall–Kier alpha value is -1.46. The Kier molecular flexibility index (Phi) is 7.59. The molecule has 0 radical (unpaired) electrons. The molecule has 0 saturated carbocycles. The van der Waals surface area contributed by atoms with Crippen LogP contribution in [0.5, 0.6) is 0 Å². The van der Waals surface area contributed by atoms with Crippen molar-refractivity contribution >= 4 is 5.91 Å². The molecule has 0 aliphatic carbocycles. The van der Waals surface area contributed by atoms with Crippen molar-refractivity contribution in [1.29, 1.82) is 0 Å². The number of carbonyl (C=O) groups excluding carboxylic acids is 1. The Balaban J connectivity index is 2.02. The molecule has 0 bridgehead atoms. The molecule has 3 atom stereocenters. The van der Waals surface area contributed by atoms with Crippen molar-refractivity contribution in [1.82, 2.24) is 9.80 Å². The van der Waals surface area contributed by atoms with Gasteiger partial charge in [-0.15, -0.1) is 0 Å². The van der Waals surface area contributed by atoms with Gasteiger partial charge in [-0.05, 0) is 43.4 Å². The first kappa shape index (κ1) is 20.8. The smallest absolute Gasteiger partial charge is 0.223 e. The molecule has 1 aliphatic rings. The second kappa shape index (κ2) is 9.47. The fraction of sp³-hybridized carbons (Fsp3) is 0.667. The standard InChI is InChI=1S/C21H33FN2O2/c1-15(2)20(18-6-8-19(22)9-7-18)12-21(25)23-13-16(3)24(10-11-26-5)17(4)14-23/h6-9,15-17,20H,10-14H2,1-5H3. The summed E-state index contributed by atoms with van der Waals surface area (Å²) in [5.74, 6) is 0.387. The van der Waals surface area contributed by atoms with Crippen molar-refractivity contribution in [3.8, 4) is 0 Å². The molecule has 146 valence electrons. The number of hydrogen-bond donors (Lipinski definition) is 0. The lowest BCUT2D eigenvalue weighted by Gasteiger charge is -2.44. The first-order valence-electron chi connectivity index (χ1n) is 9.61. The highest BCUT2D eigenvalue weighted by Gasteiger charge is 2.32. The van der Waals surface area contributed by atoms with Crippen molar-refractivity contribution in [2.24, 2.45) is 5.92 Å². The Bertz CT molecular complexity index is 564. The monoisotopic (exact) mass is 364 g/mol. The molecule has 1 amide bonds. The molecular weight excluding hydrogens is 331 g/mol. The van der Waals surface area contributed by atoms with Gasteiger partial charge in [-0.25, -0.2) is 4.39 Å². The Morgan fingerprint density at radius 3 is 2.27 bits per heavy atom. The fourth-order valence-corrected chi connectivity index (χ4v) is 3.96. The molecule has 3 unspecified atom stereocenters. The summed E-state index contributed by atoms with van der Waals surface area (Å²) >= 11 is 0. The number of methoxy groups -OCH3 is 1. The maximum atomic E-state index is 13.2. The number of nitrogens with zero attached hydrogens (tertiary/aromatic N) is 2. The summed E-state index contributed by atoms with van der Waals surface area (Å²) in [4.78, 5) is 17.4. The second-order valence-electron chi connectivity index (χ2n) is 7.83. The maximum Gasteiger partial charge on any atom is 0.223 e. The third-order valence-electron chi connectivity index (χ3n) is 5.51. The lowest BCUT2D eigenvalue weighted by Crippen LogP contribution is -2.58. The summed E-state index contributed by atoms with van der Waals surface area (Å²) < 4.78 is 18.4. The maximum absolute atomic E-state index is 13.2. The van der Waals surface area contributed by atoms with Crippen LogP contribution < -0.4 is 0 Å². The average Bonchev–Trinajstić information content (AvgIpc) is 2.59. The molecular formula is C21H33FN2O2. The van der Waals surface area contributed by atoms with E-state index < -0.39 is 0 Å². The van der Waals surface area contributed by atoms with Crippen LogP contribution in [0.1, 0.15) is 45.6 Å². The Labute approximate surface area is 157 Å². The number of benzene rings is 1. The van der Waals surface area contributed by atoms with E-state index in [9.17, 15) is 9.18 Å². The number of piperazine rings is 1. The third-order valence-corrected chi connectivity index (χ3v) is 5.51. The van der Waals surface area contributed by atoms with Crippen molar-refractivity contribution < 1.29 is 13.9 Å². The molecule has 1 saturated heterocycles. The predicted molar refractivity (Wildman–Crippen MR) is 103 cm³/mol. The van der Waals surface area contributed by atoms with E-state index in [1.807, 2.05) is 4.90 Å². The molecule has 0 spiro atoms. The van der Waals surface area contributed by atoms with Crippen LogP contribution in [-0.4, -0.2) is 61.1 Å². The van der Waals surface area contributed by atoms with Gasteiger partial charge in [0.2, 0.25) is 5.91 Å². The zero-order valence-corrected chi connectivity index (χ0v) is 16.7. The number of ether oxygens (including phenoxy) is 1. The van der Waals surface area contributed by atoms with Crippen molar-refractivity contribution in [2.45, 2.75) is 52.1 Å². The van der Waals surface area contributed by atoms with Crippen molar-refractivity contribution in [2.75, 3.05) is 33.4 Å². The van der Waals surface area contributed by atoms with Gasteiger partial charge in [0.05, 0.1) is 6.61 Å². The Morgan fingerprint density at radius 1 is 1.19 bits per heavy atom. The molecule has 2 rings (SSSR count). The SMILES string of the molecule is COCCN1C(C)CN(C(=O)CC(c2ccc(F)cc2)C(C)C)CC1C. The summed E-state index contributed by atoms with van der Waals surface area (Å²) in [6.45, 7) is 11.7. The van der Waals surface area contributed by atoms with E-state index in [1.54, 1.807) is 19.2 Å². The van der Waals surface area contributed by atoms with Crippen LogP contribution in [0.2, 0.25) is 0 Å². The van der Waals surface area contributed by atoms with Gasteiger partial charge < -0.3 is 9.64 Å². The number of hydrogen-bond acceptors (Lipinski definition) is 3. The largest absolute Gasteiger partial charge is 0.383 e. The average molecular weight is 365 g/mol. The van der Waals surface area contributed by atoms with Gasteiger partial charge in [0.25, 0.3) is 0 Å². The minimum absolute atomic E-state index is 0.111. The van der Waals surface area contributed by atoms with Crippen molar-refractivity contribution in [3.05, 3.63) is 35.6 Å². The lowest BCUT2D eigenvalue weighted by molar-refractivity contribution is -0.136. The lowest BCUT2D eigenvalue weighted by atomic mass is 9.85. The first-order chi connectivity index (χ1) is 12.3. The first-order valence-corrected chi connectivity index (χ1v) is 9.61. The molecule has 0 N–H and O–H groups in total. The van der Waals surface area contributed by atoms with Crippen LogP contribution in [0.3, 0.4) is 0 Å². The summed E-state index contributed by atoms with van der Waals surface area (Å²) in [5.41, 5.74) is 1.04. The van der Waals surface area contributed by atoms with Gasteiger partial charge in [0.15, 0.2) is 0 Å². The summed E-state index contributed by atoms with van der Waals surface area (Å²) in [6, 6.07) is 7.21. The molecule has 0 aromatic heterocycles. The van der Waals surface area contributed by atoms with Gasteiger partial charge in [-0.2, -0.15) is 0 Å². The highest BCUT2D eigenvalue weighted by Crippen LogP contribution is 2.29. The normalized spacial score (nSPS) is 22.7. The van der Waals surface area contributed by atoms with Gasteiger partial charge in [0, 0.05) is 45.2 Å². The minimum atomic E-state index is -0.239. The summed E-state index contributed by atoms with van der Waals surface area (Å²) in [6.07, 6.45) is 0.473. The quantitative estimate of drug-likeness (QED) is 0.742. The third kappa shape index (κ3) is 5.27. The van der Waals surface area contributed by atoms with E-state index in [-0.39, 0.29) is 17.6 Å². The number of halogens is 1. The van der Waals surface area contributed by atoms with E-state index in [0.717, 1.165) is 25.2 Å². The molecule has 5 heteroatoms. The summed E-state index contributed by atoms with van der Waals surface area (Å²) in [5, 5.41) is 0. The number of rotatable bonds is 7. The molecule has 1 aromatic rings. The van der Waals surface area contributed by atoms with Gasteiger partial charge in [0.1, 0.15) is 5.82 Å². The molecule has 1 aliphatic heterocycles. The van der Waals surface area contributed by atoms with Crippen LogP contribution in [0, 0.1) is 11.7 Å². The van der Waals surface area contributed by atoms with Crippen LogP contribution >= 0.6 is 0 Å². The predicted octanol–water partition coefficient (Wildman–Crippen LogP) is 3.52. The topological polar surface area (TPSA) is 32.8 Å². The number of amides is 1. The fourth-order valence-electron chi connectivity index (χ4n) is 3.96. The van der Waals surface area contributed by atoms with Crippen molar-refractivity contribution in [3.63, 3.8) is 0 Å². The van der Waals surface area contributed by atoms with Gasteiger partial charge in [-0.1, -0.05) is 26.0 Å². The van der Waals surface area contributed by atoms with E-state index in [4.69, 9.17) is 4.74 Å². The van der Waals surface area contributed by atoms with E-state index in [0.29, 0.717) is 31.0 Å². The van der Waals surface area contributed by atoms with E-state index >= 15 is 0 Å². The highest BCUT2D eigenvalue weighted by molar-refractivity contribution is 5.77. The van der Waals surface area contributed by atoms with Crippen LogP contribution in [0.25, 0.3) is 0 Å². The molecule has 1 aromatic carbocycles. The zero-order valence-electron chi connectivity index (χ0n) is 16.7. The summed E-state index contributed by atoms with van der Waals surface area (Å²) in [7, 11) is 1.72. The molecule has 1 fully saturated rings. The van der Waals surface area contributed by atoms with E-state index in [2.05, 4.69) is 32.6 Å². The molecule has 4 nitrogen and oxygen atoms in total. The second-order valence-corrected chi connectivity index (χ2v) is 7.83. The highest BCUT2D eigenvalue weighted by atomic mass is 19.1. The molecule has 26 heavy (non-hydrogen) atoms. The minimum Gasteiger partial charge on any atom is -0.383 e. The Morgan fingerprint density at radius 2 is 1.77 bits per heavy atom. The van der Waals surface area contributed by atoms with Gasteiger partial charge in [-0.3, -0.25) is 9.69 Å².